The number of halogens is 2. The second kappa shape index (κ2) is 10.3. The molecule has 1 amide bonds. The molecule has 2 unspecified atom stereocenters. The van der Waals surface area contributed by atoms with Crippen LogP contribution >= 0.6 is 0 Å². The minimum absolute atomic E-state index is 0.0291. The first-order valence-electron chi connectivity index (χ1n) is 11.9. The predicted molar refractivity (Wildman–Crippen MR) is 118 cm³/mol. The molecular weight excluding hydrogens is 400 g/mol. The fraction of sp³-hybridized carbons (Fsp3) is 0.708. The smallest absolute Gasteiger partial charge is 0.227 e. The number of rotatable bonds is 8. The van der Waals surface area contributed by atoms with Gasteiger partial charge in [-0.3, -0.25) is 4.79 Å². The normalized spacial score (nSPS) is 25.5. The molecule has 4 rings (SSSR count). The number of carbonyl (C=O) groups is 1. The van der Waals surface area contributed by atoms with E-state index in [1.165, 1.54) is 44.2 Å². The summed E-state index contributed by atoms with van der Waals surface area (Å²) < 4.78 is 35.0. The second-order valence-corrected chi connectivity index (χ2v) is 9.29. The Kier molecular flexibility index (Phi) is 7.43. The minimum atomic E-state index is -0.735. The summed E-state index contributed by atoms with van der Waals surface area (Å²) in [6, 6.07) is 3.06. The zero-order valence-corrected chi connectivity index (χ0v) is 18.6. The zero-order valence-electron chi connectivity index (χ0n) is 18.6. The van der Waals surface area contributed by atoms with Crippen molar-refractivity contribution >= 4 is 11.6 Å². The van der Waals surface area contributed by atoms with Gasteiger partial charge in [0.2, 0.25) is 5.91 Å². The summed E-state index contributed by atoms with van der Waals surface area (Å²) in [7, 11) is 0. The third-order valence-corrected chi connectivity index (χ3v) is 7.03. The molecule has 0 aliphatic carbocycles. The van der Waals surface area contributed by atoms with Crippen molar-refractivity contribution in [3.63, 3.8) is 0 Å². The Balaban J connectivity index is 1.37. The van der Waals surface area contributed by atoms with Crippen molar-refractivity contribution in [2.45, 2.75) is 70.4 Å². The number of benzene rings is 1. The van der Waals surface area contributed by atoms with Crippen LogP contribution in [0.5, 0.6) is 5.75 Å². The monoisotopic (exact) mass is 435 g/mol. The average Bonchev–Trinajstić information content (AvgIpc) is 3.32. The molecule has 3 saturated heterocycles. The summed E-state index contributed by atoms with van der Waals surface area (Å²) in [4.78, 5) is 18.9. The summed E-state index contributed by atoms with van der Waals surface area (Å²) in [6.45, 7) is 7.28. The van der Waals surface area contributed by atoms with Gasteiger partial charge in [0.1, 0.15) is 0 Å². The van der Waals surface area contributed by atoms with Gasteiger partial charge in [-0.25, -0.2) is 8.78 Å². The van der Waals surface area contributed by atoms with Gasteiger partial charge in [0, 0.05) is 37.7 Å². The van der Waals surface area contributed by atoms with Crippen LogP contribution in [0.4, 0.5) is 14.5 Å². The van der Waals surface area contributed by atoms with E-state index in [-0.39, 0.29) is 24.3 Å². The van der Waals surface area contributed by atoms with Gasteiger partial charge >= 0.3 is 0 Å². The van der Waals surface area contributed by atoms with Crippen molar-refractivity contribution < 1.29 is 18.3 Å². The number of amides is 1. The van der Waals surface area contributed by atoms with E-state index in [4.69, 9.17) is 4.74 Å². The number of anilines is 1. The van der Waals surface area contributed by atoms with Crippen LogP contribution in [-0.2, 0) is 4.79 Å². The molecule has 1 aromatic carbocycles. The highest BCUT2D eigenvalue weighted by atomic mass is 19.1. The molecule has 3 aliphatic rings. The lowest BCUT2D eigenvalue weighted by Gasteiger charge is -2.33. The quantitative estimate of drug-likeness (QED) is 0.574. The zero-order chi connectivity index (χ0) is 21.8. The van der Waals surface area contributed by atoms with E-state index in [1.807, 2.05) is 0 Å². The van der Waals surface area contributed by atoms with Crippen molar-refractivity contribution in [1.29, 1.82) is 0 Å². The third-order valence-electron chi connectivity index (χ3n) is 7.03. The lowest BCUT2D eigenvalue weighted by molar-refractivity contribution is -0.117. The Hall–Kier alpha value is -1.73. The maximum Gasteiger partial charge on any atom is 0.227 e. The number of likely N-dealkylation sites (tertiary alicyclic amines) is 2. The largest absolute Gasteiger partial charge is 0.488 e. The van der Waals surface area contributed by atoms with Crippen molar-refractivity contribution in [2.24, 2.45) is 0 Å². The first kappa shape index (κ1) is 22.5. The Morgan fingerprint density at radius 3 is 2.45 bits per heavy atom. The molecule has 0 saturated carbocycles. The van der Waals surface area contributed by atoms with Gasteiger partial charge in [-0.2, -0.15) is 0 Å². The standard InChI is InChI=1S/C24H35F2N3O2/c1-18-7-5-12-28(18)13-6-14-31-24-21(25)15-20(16-22(24)26)29-19(8-9-23(29)30)17-27-10-3-2-4-11-27/h15-16,18-19H,2-14,17H2,1H3. The third kappa shape index (κ3) is 5.37. The van der Waals surface area contributed by atoms with Gasteiger partial charge in [-0.1, -0.05) is 6.42 Å². The highest BCUT2D eigenvalue weighted by molar-refractivity contribution is 5.96. The Morgan fingerprint density at radius 1 is 1.03 bits per heavy atom. The molecular formula is C24H35F2N3O2. The number of hydrogen-bond donors (Lipinski definition) is 0. The Labute approximate surface area is 184 Å². The summed E-state index contributed by atoms with van der Waals surface area (Å²) in [5.74, 6) is -1.87. The average molecular weight is 436 g/mol. The van der Waals surface area contributed by atoms with Crippen molar-refractivity contribution in [3.8, 4) is 5.75 Å². The van der Waals surface area contributed by atoms with Crippen LogP contribution in [0.15, 0.2) is 12.1 Å². The van der Waals surface area contributed by atoms with Crippen LogP contribution < -0.4 is 9.64 Å². The van der Waals surface area contributed by atoms with Gasteiger partial charge in [0.15, 0.2) is 17.4 Å². The molecule has 7 heteroatoms. The second-order valence-electron chi connectivity index (χ2n) is 9.29. The molecule has 3 heterocycles. The summed E-state index contributed by atoms with van der Waals surface area (Å²) >= 11 is 0. The molecule has 0 N–H and O–H groups in total. The number of carbonyl (C=O) groups excluding carboxylic acids is 1. The van der Waals surface area contributed by atoms with Crippen LogP contribution in [0.2, 0.25) is 0 Å². The van der Waals surface area contributed by atoms with Crippen molar-refractivity contribution in [2.75, 3.05) is 44.2 Å². The highest BCUT2D eigenvalue weighted by Gasteiger charge is 2.34. The van der Waals surface area contributed by atoms with E-state index in [1.54, 1.807) is 4.90 Å². The summed E-state index contributed by atoms with van der Waals surface area (Å²) in [5, 5.41) is 0. The minimum Gasteiger partial charge on any atom is -0.488 e. The van der Waals surface area contributed by atoms with E-state index in [2.05, 4.69) is 16.7 Å². The molecule has 0 aromatic heterocycles. The van der Waals surface area contributed by atoms with Crippen LogP contribution in [0.3, 0.4) is 0 Å². The SMILES string of the molecule is CC1CCCN1CCCOc1c(F)cc(N2C(=O)CCC2CN2CCCCC2)cc1F. The molecule has 0 radical (unpaired) electrons. The van der Waals surface area contributed by atoms with Gasteiger partial charge in [0.25, 0.3) is 0 Å². The van der Waals surface area contributed by atoms with Crippen molar-refractivity contribution in [1.82, 2.24) is 9.80 Å². The van der Waals surface area contributed by atoms with Crippen LogP contribution in [0.25, 0.3) is 0 Å². The van der Waals surface area contributed by atoms with E-state index in [0.29, 0.717) is 18.2 Å². The first-order chi connectivity index (χ1) is 15.0. The lowest BCUT2D eigenvalue weighted by atomic mass is 10.1. The number of nitrogens with zero attached hydrogens (tertiary/aromatic N) is 3. The maximum atomic E-state index is 14.7. The van der Waals surface area contributed by atoms with E-state index in [0.717, 1.165) is 45.6 Å². The van der Waals surface area contributed by atoms with Gasteiger partial charge in [0.05, 0.1) is 18.3 Å². The van der Waals surface area contributed by atoms with E-state index < -0.39 is 11.6 Å². The fourth-order valence-electron chi connectivity index (χ4n) is 5.30. The van der Waals surface area contributed by atoms with Crippen molar-refractivity contribution in [3.05, 3.63) is 23.8 Å². The molecule has 3 aliphatic heterocycles. The molecule has 172 valence electrons. The molecule has 2 atom stereocenters. The summed E-state index contributed by atoms with van der Waals surface area (Å²) in [5.41, 5.74) is 0.303. The Bertz CT molecular complexity index is 746. The van der Waals surface area contributed by atoms with Crippen LogP contribution in [0.1, 0.15) is 58.3 Å². The predicted octanol–water partition coefficient (Wildman–Crippen LogP) is 4.20. The van der Waals surface area contributed by atoms with Gasteiger partial charge in [-0.05, 0) is 65.1 Å². The molecule has 0 bridgehead atoms. The molecule has 0 spiro atoms. The van der Waals surface area contributed by atoms with Gasteiger partial charge < -0.3 is 19.4 Å². The highest BCUT2D eigenvalue weighted by Crippen LogP contribution is 2.33. The maximum absolute atomic E-state index is 14.7. The van der Waals surface area contributed by atoms with E-state index >= 15 is 0 Å². The topological polar surface area (TPSA) is 36.0 Å². The van der Waals surface area contributed by atoms with Gasteiger partial charge in [-0.15, -0.1) is 0 Å². The lowest BCUT2D eigenvalue weighted by Crippen LogP contribution is -2.43. The van der Waals surface area contributed by atoms with E-state index in [9.17, 15) is 13.6 Å². The molecule has 3 fully saturated rings. The number of piperidine rings is 1. The Morgan fingerprint density at radius 2 is 1.77 bits per heavy atom. The van der Waals surface area contributed by atoms with Crippen LogP contribution in [-0.4, -0.2) is 67.1 Å². The number of ether oxygens (including phenoxy) is 1. The molecule has 5 nitrogen and oxygen atoms in total. The molecule has 31 heavy (non-hydrogen) atoms. The fourth-order valence-corrected chi connectivity index (χ4v) is 5.30. The number of hydrogen-bond acceptors (Lipinski definition) is 4. The summed E-state index contributed by atoms with van der Waals surface area (Å²) in [6.07, 6.45) is 7.90. The first-order valence-corrected chi connectivity index (χ1v) is 11.9. The van der Waals surface area contributed by atoms with Crippen LogP contribution in [0, 0.1) is 11.6 Å². The molecule has 1 aromatic rings.